The molecule has 0 aliphatic rings. The Balaban J connectivity index is 3.19. The summed E-state index contributed by atoms with van der Waals surface area (Å²) in [6, 6.07) is 1.74. The number of nitrogens with one attached hydrogen (secondary N) is 2. The van der Waals surface area contributed by atoms with Crippen LogP contribution in [-0.2, 0) is 9.59 Å². The number of carbonyl (C=O) groups is 2. The summed E-state index contributed by atoms with van der Waals surface area (Å²) in [5.74, 6) is -0.412. The van der Waals surface area contributed by atoms with Crippen LogP contribution < -0.4 is 10.6 Å². The molecule has 110 valence electrons. The maximum Gasteiger partial charge on any atom is 0.229 e. The number of aromatic hydroxyl groups is 1. The monoisotopic (exact) mass is 278 g/mol. The molecule has 0 fully saturated rings. The number of carbonyl (C=O) groups excluding carboxylic acids is 2. The van der Waals surface area contributed by atoms with Crippen LogP contribution in [0.3, 0.4) is 0 Å². The van der Waals surface area contributed by atoms with Crippen LogP contribution in [0.15, 0.2) is 6.07 Å². The smallest absolute Gasteiger partial charge is 0.229 e. The zero-order valence-electron chi connectivity index (χ0n) is 12.8. The molecule has 0 saturated carbocycles. The second kappa shape index (κ2) is 5.53. The van der Waals surface area contributed by atoms with E-state index in [1.165, 1.54) is 6.92 Å². The Kier molecular flexibility index (Phi) is 4.43. The van der Waals surface area contributed by atoms with E-state index in [2.05, 4.69) is 10.6 Å². The standard InChI is InChI=1S/C15H22N2O3/c1-8-7-11(17-14(20)15(4,5)6)9(2)13(19)12(8)16-10(3)18/h7,19H,1-6H3,(H,16,18)(H,17,20). The molecule has 0 saturated heterocycles. The second-order valence-corrected chi connectivity index (χ2v) is 5.97. The van der Waals surface area contributed by atoms with Crippen molar-refractivity contribution in [2.24, 2.45) is 5.41 Å². The van der Waals surface area contributed by atoms with Gasteiger partial charge in [0.2, 0.25) is 11.8 Å². The molecule has 2 amide bonds. The molecule has 0 aromatic heterocycles. The van der Waals surface area contributed by atoms with Gasteiger partial charge in [0.05, 0.1) is 5.69 Å². The molecule has 1 aromatic rings. The number of phenols is 1. The topological polar surface area (TPSA) is 78.4 Å². The molecule has 3 N–H and O–H groups in total. The first-order valence-electron chi connectivity index (χ1n) is 6.46. The van der Waals surface area contributed by atoms with E-state index >= 15 is 0 Å². The first-order chi connectivity index (χ1) is 9.04. The molecule has 0 heterocycles. The van der Waals surface area contributed by atoms with Gasteiger partial charge in [-0.3, -0.25) is 9.59 Å². The minimum Gasteiger partial charge on any atom is -0.505 e. The van der Waals surface area contributed by atoms with Crippen LogP contribution >= 0.6 is 0 Å². The molecule has 0 bridgehead atoms. The van der Waals surface area contributed by atoms with Crippen molar-refractivity contribution in [1.29, 1.82) is 0 Å². The summed E-state index contributed by atoms with van der Waals surface area (Å²) in [5, 5.41) is 15.5. The van der Waals surface area contributed by atoms with Crippen LogP contribution in [0.1, 0.15) is 38.8 Å². The largest absolute Gasteiger partial charge is 0.505 e. The van der Waals surface area contributed by atoms with Crippen molar-refractivity contribution in [3.8, 4) is 5.75 Å². The highest BCUT2D eigenvalue weighted by Crippen LogP contribution is 2.36. The fourth-order valence-corrected chi connectivity index (χ4v) is 1.67. The molecule has 1 aromatic carbocycles. The lowest BCUT2D eigenvalue weighted by molar-refractivity contribution is -0.123. The Labute approximate surface area is 119 Å². The molecule has 0 radical (unpaired) electrons. The van der Waals surface area contributed by atoms with E-state index in [0.717, 1.165) is 0 Å². The normalized spacial score (nSPS) is 11.1. The van der Waals surface area contributed by atoms with Crippen molar-refractivity contribution in [2.75, 3.05) is 10.6 Å². The predicted octanol–water partition coefficient (Wildman–Crippen LogP) is 2.95. The third-order valence-corrected chi connectivity index (χ3v) is 2.98. The summed E-state index contributed by atoms with van der Waals surface area (Å²) in [4.78, 5) is 23.1. The third kappa shape index (κ3) is 3.50. The molecular weight excluding hydrogens is 256 g/mol. The average molecular weight is 278 g/mol. The number of rotatable bonds is 2. The molecule has 0 spiro atoms. The molecular formula is C15H22N2O3. The van der Waals surface area contributed by atoms with Crippen molar-refractivity contribution in [1.82, 2.24) is 0 Å². The zero-order chi connectivity index (χ0) is 15.7. The van der Waals surface area contributed by atoms with Crippen molar-refractivity contribution in [3.05, 3.63) is 17.2 Å². The number of anilines is 2. The molecule has 0 aliphatic carbocycles. The van der Waals surface area contributed by atoms with E-state index in [4.69, 9.17) is 0 Å². The van der Waals surface area contributed by atoms with Gasteiger partial charge in [0.15, 0.2) is 0 Å². The maximum absolute atomic E-state index is 12.0. The lowest BCUT2D eigenvalue weighted by atomic mass is 9.95. The van der Waals surface area contributed by atoms with Crippen LogP contribution in [0.4, 0.5) is 11.4 Å². The summed E-state index contributed by atoms with van der Waals surface area (Å²) >= 11 is 0. The number of amides is 2. The van der Waals surface area contributed by atoms with E-state index in [-0.39, 0.29) is 17.6 Å². The van der Waals surface area contributed by atoms with Gasteiger partial charge in [-0.05, 0) is 25.5 Å². The van der Waals surface area contributed by atoms with E-state index in [0.29, 0.717) is 22.5 Å². The maximum atomic E-state index is 12.0. The Morgan fingerprint density at radius 2 is 1.70 bits per heavy atom. The summed E-state index contributed by atoms with van der Waals surface area (Å²) in [7, 11) is 0. The first-order valence-corrected chi connectivity index (χ1v) is 6.46. The van der Waals surface area contributed by atoms with Gasteiger partial charge in [-0.1, -0.05) is 20.8 Å². The molecule has 1 rings (SSSR count). The summed E-state index contributed by atoms with van der Waals surface area (Å²) < 4.78 is 0. The van der Waals surface area contributed by atoms with Gasteiger partial charge in [0.25, 0.3) is 0 Å². The van der Waals surface area contributed by atoms with Crippen LogP contribution in [0.5, 0.6) is 5.75 Å². The van der Waals surface area contributed by atoms with Gasteiger partial charge < -0.3 is 15.7 Å². The second-order valence-electron chi connectivity index (χ2n) is 5.97. The summed E-state index contributed by atoms with van der Waals surface area (Å²) in [5.41, 5.74) is 1.62. The van der Waals surface area contributed by atoms with Crippen molar-refractivity contribution in [3.63, 3.8) is 0 Å². The highest BCUT2D eigenvalue weighted by atomic mass is 16.3. The van der Waals surface area contributed by atoms with Gasteiger partial charge in [0, 0.05) is 23.6 Å². The van der Waals surface area contributed by atoms with E-state index < -0.39 is 5.41 Å². The van der Waals surface area contributed by atoms with Gasteiger partial charge in [-0.2, -0.15) is 0 Å². The Hall–Kier alpha value is -2.04. The zero-order valence-corrected chi connectivity index (χ0v) is 12.8. The minimum absolute atomic E-state index is 0.0237. The molecule has 0 atom stereocenters. The number of hydrogen-bond donors (Lipinski definition) is 3. The number of aryl methyl sites for hydroxylation is 1. The number of benzene rings is 1. The molecule has 5 nitrogen and oxygen atoms in total. The van der Waals surface area contributed by atoms with Crippen molar-refractivity contribution in [2.45, 2.75) is 41.5 Å². The Morgan fingerprint density at radius 3 is 2.15 bits per heavy atom. The van der Waals surface area contributed by atoms with E-state index in [9.17, 15) is 14.7 Å². The highest BCUT2D eigenvalue weighted by molar-refractivity contribution is 5.97. The Morgan fingerprint density at radius 1 is 1.15 bits per heavy atom. The van der Waals surface area contributed by atoms with Crippen molar-refractivity contribution < 1.29 is 14.7 Å². The predicted molar refractivity (Wildman–Crippen MR) is 80.0 cm³/mol. The summed E-state index contributed by atoms with van der Waals surface area (Å²) in [6.45, 7) is 10.3. The van der Waals surface area contributed by atoms with E-state index in [1.54, 1.807) is 19.9 Å². The summed E-state index contributed by atoms with van der Waals surface area (Å²) in [6.07, 6.45) is 0. The van der Waals surface area contributed by atoms with Crippen molar-refractivity contribution >= 4 is 23.2 Å². The fourth-order valence-electron chi connectivity index (χ4n) is 1.67. The van der Waals surface area contributed by atoms with Gasteiger partial charge in [0.1, 0.15) is 5.75 Å². The van der Waals surface area contributed by atoms with Crippen LogP contribution in [0, 0.1) is 19.3 Å². The number of hydrogen-bond acceptors (Lipinski definition) is 3. The Bertz CT molecular complexity index is 557. The first kappa shape index (κ1) is 16.0. The van der Waals surface area contributed by atoms with Crippen LogP contribution in [0.25, 0.3) is 0 Å². The molecule has 0 aliphatic heterocycles. The van der Waals surface area contributed by atoms with Gasteiger partial charge in [-0.15, -0.1) is 0 Å². The lowest BCUT2D eigenvalue weighted by Gasteiger charge is -2.21. The quantitative estimate of drug-likeness (QED) is 0.728. The molecule has 20 heavy (non-hydrogen) atoms. The van der Waals surface area contributed by atoms with Gasteiger partial charge >= 0.3 is 0 Å². The molecule has 0 unspecified atom stereocenters. The fraction of sp³-hybridized carbons (Fsp3) is 0.467. The van der Waals surface area contributed by atoms with Gasteiger partial charge in [-0.25, -0.2) is 0 Å². The van der Waals surface area contributed by atoms with Crippen LogP contribution in [-0.4, -0.2) is 16.9 Å². The third-order valence-electron chi connectivity index (χ3n) is 2.98. The highest BCUT2D eigenvalue weighted by Gasteiger charge is 2.23. The van der Waals surface area contributed by atoms with E-state index in [1.807, 2.05) is 20.8 Å². The molecule has 5 heteroatoms. The SMILES string of the molecule is CC(=O)Nc1c(C)cc(NC(=O)C(C)(C)C)c(C)c1O. The minimum atomic E-state index is -0.522. The number of phenolic OH excluding ortho intramolecular Hbond substituents is 1. The lowest BCUT2D eigenvalue weighted by Crippen LogP contribution is -2.28. The van der Waals surface area contributed by atoms with Crippen LogP contribution in [0.2, 0.25) is 0 Å². The average Bonchev–Trinajstić information content (AvgIpc) is 2.29.